The Kier molecular flexibility index (Phi) is 7.30. The molecule has 2 aromatic rings. The number of halogens is 2. The molecule has 1 aliphatic rings. The normalized spacial score (nSPS) is 17.2. The number of aliphatic hydroxyl groups is 1. The number of piperidine rings is 1. The van der Waals surface area contributed by atoms with Gasteiger partial charge in [-0.05, 0) is 60.2 Å². The van der Waals surface area contributed by atoms with Gasteiger partial charge < -0.3 is 20.4 Å². The Hall–Kier alpha value is -1.79. The minimum absolute atomic E-state index is 0.0226. The zero-order valence-electron chi connectivity index (χ0n) is 17.2. The third-order valence-corrected chi connectivity index (χ3v) is 6.16. The second kappa shape index (κ2) is 9.56. The van der Waals surface area contributed by atoms with Crippen LogP contribution in [0.3, 0.4) is 0 Å². The Balaban J connectivity index is 1.63. The van der Waals surface area contributed by atoms with Gasteiger partial charge in [0.25, 0.3) is 0 Å². The summed E-state index contributed by atoms with van der Waals surface area (Å²) in [5.74, 6) is 0.209. The highest BCUT2D eigenvalue weighted by atomic mass is 35.5. The fourth-order valence-electron chi connectivity index (χ4n) is 3.91. The van der Waals surface area contributed by atoms with Crippen LogP contribution in [-0.2, 0) is 16.9 Å². The van der Waals surface area contributed by atoms with Crippen LogP contribution in [0.2, 0.25) is 10.0 Å². The van der Waals surface area contributed by atoms with Gasteiger partial charge in [-0.3, -0.25) is 4.79 Å². The first-order valence-electron chi connectivity index (χ1n) is 10.2. The Morgan fingerprint density at radius 2 is 1.73 bits per heavy atom. The van der Waals surface area contributed by atoms with E-state index in [0.717, 1.165) is 11.1 Å². The first-order chi connectivity index (χ1) is 14.2. The van der Waals surface area contributed by atoms with Crippen LogP contribution < -0.4 is 5.32 Å². The monoisotopic (exact) mass is 450 g/mol. The maximum atomic E-state index is 13.2. The van der Waals surface area contributed by atoms with Gasteiger partial charge in [-0.2, -0.15) is 0 Å². The van der Waals surface area contributed by atoms with E-state index < -0.39 is 5.60 Å². The Morgan fingerprint density at radius 1 is 1.10 bits per heavy atom. The van der Waals surface area contributed by atoms with Crippen molar-refractivity contribution in [1.29, 1.82) is 0 Å². The molecule has 0 saturated carbocycles. The van der Waals surface area contributed by atoms with Crippen LogP contribution in [0.15, 0.2) is 42.5 Å². The number of hydrogen-bond donors (Lipinski definition) is 3. The molecule has 0 aromatic heterocycles. The third kappa shape index (κ3) is 5.46. The van der Waals surface area contributed by atoms with Crippen molar-refractivity contribution in [3.63, 3.8) is 0 Å². The van der Waals surface area contributed by atoms with E-state index in [9.17, 15) is 15.0 Å². The molecule has 30 heavy (non-hydrogen) atoms. The zero-order valence-corrected chi connectivity index (χ0v) is 18.7. The van der Waals surface area contributed by atoms with Crippen LogP contribution in [0, 0.1) is 5.92 Å². The lowest BCUT2D eigenvalue weighted by Crippen LogP contribution is -2.53. The van der Waals surface area contributed by atoms with Gasteiger partial charge in [-0.25, -0.2) is 0 Å². The molecule has 1 amide bonds. The molecule has 162 valence electrons. The number of phenolic OH excluding ortho intramolecular Hbond substituents is 1. The summed E-state index contributed by atoms with van der Waals surface area (Å²) in [5, 5.41) is 25.2. The van der Waals surface area contributed by atoms with Gasteiger partial charge in [-0.15, -0.1) is 0 Å². The average Bonchev–Trinajstić information content (AvgIpc) is 2.68. The van der Waals surface area contributed by atoms with E-state index >= 15 is 0 Å². The number of nitrogens with zero attached hydrogens (tertiary/aromatic N) is 1. The minimum Gasteiger partial charge on any atom is -0.508 e. The molecule has 0 bridgehead atoms. The molecule has 0 spiro atoms. The van der Waals surface area contributed by atoms with Gasteiger partial charge in [0.1, 0.15) is 5.75 Å². The fraction of sp³-hybridized carbons (Fsp3) is 0.435. The maximum Gasteiger partial charge on any atom is 0.239 e. The van der Waals surface area contributed by atoms with E-state index in [1.165, 1.54) is 6.07 Å². The van der Waals surface area contributed by atoms with Crippen LogP contribution in [0.5, 0.6) is 5.75 Å². The summed E-state index contributed by atoms with van der Waals surface area (Å²) in [6, 6.07) is 11.8. The van der Waals surface area contributed by atoms with Crippen molar-refractivity contribution in [1.82, 2.24) is 10.2 Å². The van der Waals surface area contributed by atoms with Crippen LogP contribution >= 0.6 is 23.2 Å². The predicted molar refractivity (Wildman–Crippen MR) is 120 cm³/mol. The van der Waals surface area contributed by atoms with Crippen molar-refractivity contribution in [2.75, 3.05) is 13.1 Å². The lowest BCUT2D eigenvalue weighted by atomic mass is 9.84. The molecule has 0 radical (unpaired) electrons. The molecule has 1 fully saturated rings. The number of benzene rings is 2. The van der Waals surface area contributed by atoms with E-state index in [0.29, 0.717) is 42.5 Å². The Morgan fingerprint density at radius 3 is 2.30 bits per heavy atom. The van der Waals surface area contributed by atoms with Crippen molar-refractivity contribution >= 4 is 29.1 Å². The molecule has 7 heteroatoms. The summed E-state index contributed by atoms with van der Waals surface area (Å²) in [6.45, 7) is 5.39. The van der Waals surface area contributed by atoms with Gasteiger partial charge in [-0.1, -0.05) is 49.2 Å². The van der Waals surface area contributed by atoms with Crippen molar-refractivity contribution < 1.29 is 15.0 Å². The van der Waals surface area contributed by atoms with E-state index in [1.54, 1.807) is 24.3 Å². The standard InChI is InChI=1S/C23H28Cl2N2O3/c1-15(2)21(26-14-16-11-19(25)13-20(28)12-16)22(29)27-9-7-23(30,8-10-27)17-3-5-18(24)6-4-17/h3-6,11-13,15,21,26,28,30H,7-10,14H2,1-2H3/t21-/m1/s1. The summed E-state index contributed by atoms with van der Waals surface area (Å²) < 4.78 is 0. The molecular formula is C23H28Cl2N2O3. The number of aromatic hydroxyl groups is 1. The van der Waals surface area contributed by atoms with E-state index in [4.69, 9.17) is 23.2 Å². The van der Waals surface area contributed by atoms with Crippen LogP contribution in [0.1, 0.15) is 37.8 Å². The molecule has 1 atom stereocenters. The number of carbonyl (C=O) groups is 1. The molecule has 0 aliphatic carbocycles. The Bertz CT molecular complexity index is 858. The summed E-state index contributed by atoms with van der Waals surface area (Å²) in [4.78, 5) is 15.0. The van der Waals surface area contributed by atoms with Gasteiger partial charge in [0.05, 0.1) is 11.6 Å². The van der Waals surface area contributed by atoms with Crippen molar-refractivity contribution in [3.05, 3.63) is 63.6 Å². The minimum atomic E-state index is -0.944. The van der Waals surface area contributed by atoms with E-state index in [1.807, 2.05) is 30.9 Å². The molecule has 3 rings (SSSR count). The first kappa shape index (κ1) is 22.9. The number of phenols is 1. The van der Waals surface area contributed by atoms with Gasteiger partial charge >= 0.3 is 0 Å². The maximum absolute atomic E-state index is 13.2. The van der Waals surface area contributed by atoms with Crippen molar-refractivity contribution in [2.24, 2.45) is 5.92 Å². The van der Waals surface area contributed by atoms with E-state index in [2.05, 4.69) is 5.32 Å². The lowest BCUT2D eigenvalue weighted by molar-refractivity contribution is -0.139. The number of nitrogens with one attached hydrogen (secondary N) is 1. The molecule has 0 unspecified atom stereocenters. The predicted octanol–water partition coefficient (Wildman–Crippen LogP) is 4.32. The van der Waals surface area contributed by atoms with Gasteiger partial charge in [0, 0.05) is 29.7 Å². The second-order valence-electron chi connectivity index (χ2n) is 8.28. The molecule has 3 N–H and O–H groups in total. The first-order valence-corrected chi connectivity index (χ1v) is 10.9. The number of likely N-dealkylation sites (tertiary alicyclic amines) is 1. The van der Waals surface area contributed by atoms with E-state index in [-0.39, 0.29) is 23.6 Å². The highest BCUT2D eigenvalue weighted by Gasteiger charge is 2.37. The number of carbonyl (C=O) groups excluding carboxylic acids is 1. The summed E-state index contributed by atoms with van der Waals surface area (Å²) in [7, 11) is 0. The quantitative estimate of drug-likeness (QED) is 0.612. The largest absolute Gasteiger partial charge is 0.508 e. The summed E-state index contributed by atoms with van der Waals surface area (Å²) in [6.07, 6.45) is 0.959. The highest BCUT2D eigenvalue weighted by molar-refractivity contribution is 6.31. The van der Waals surface area contributed by atoms with Gasteiger partial charge in [0.15, 0.2) is 0 Å². The smallest absolute Gasteiger partial charge is 0.239 e. The SMILES string of the molecule is CC(C)[C@@H](NCc1cc(O)cc(Cl)c1)C(=O)N1CCC(O)(c2ccc(Cl)cc2)CC1. The Labute approximate surface area is 187 Å². The van der Waals surface area contributed by atoms with Crippen molar-refractivity contribution in [2.45, 2.75) is 44.9 Å². The molecule has 2 aromatic carbocycles. The molecular weight excluding hydrogens is 423 g/mol. The lowest BCUT2D eigenvalue weighted by Gasteiger charge is -2.40. The highest BCUT2D eigenvalue weighted by Crippen LogP contribution is 2.33. The van der Waals surface area contributed by atoms with Crippen LogP contribution in [0.4, 0.5) is 0 Å². The number of rotatable bonds is 6. The van der Waals surface area contributed by atoms with Crippen molar-refractivity contribution in [3.8, 4) is 5.75 Å². The molecule has 5 nitrogen and oxygen atoms in total. The second-order valence-corrected chi connectivity index (χ2v) is 9.16. The average molecular weight is 451 g/mol. The molecule has 1 saturated heterocycles. The topological polar surface area (TPSA) is 72.8 Å². The summed E-state index contributed by atoms with van der Waals surface area (Å²) >= 11 is 12.0. The van der Waals surface area contributed by atoms with Crippen LogP contribution in [0.25, 0.3) is 0 Å². The zero-order chi connectivity index (χ0) is 21.9. The molecule has 1 aliphatic heterocycles. The van der Waals surface area contributed by atoms with Crippen LogP contribution in [-0.4, -0.2) is 40.2 Å². The molecule has 1 heterocycles. The number of hydrogen-bond acceptors (Lipinski definition) is 4. The summed E-state index contributed by atoms with van der Waals surface area (Å²) in [5.41, 5.74) is 0.702. The fourth-order valence-corrected chi connectivity index (χ4v) is 4.29. The third-order valence-electron chi connectivity index (χ3n) is 5.68. The number of amides is 1. The van der Waals surface area contributed by atoms with Gasteiger partial charge in [0.2, 0.25) is 5.91 Å².